The Labute approximate surface area is 173 Å². The molecule has 0 spiro atoms. The second-order valence-electron chi connectivity index (χ2n) is 7.17. The van der Waals surface area contributed by atoms with E-state index in [0.717, 1.165) is 6.07 Å². The first-order chi connectivity index (χ1) is 14.3. The van der Waals surface area contributed by atoms with Gasteiger partial charge in [0.25, 0.3) is 11.7 Å². The van der Waals surface area contributed by atoms with Gasteiger partial charge < -0.3 is 19.6 Å². The molecule has 1 saturated heterocycles. The molecule has 1 aliphatic heterocycles. The molecule has 1 amide bonds. The highest BCUT2D eigenvalue weighted by atomic mass is 19.1. The van der Waals surface area contributed by atoms with E-state index in [1.165, 1.54) is 42.3 Å². The molecule has 1 heterocycles. The number of rotatable bonds is 6. The van der Waals surface area contributed by atoms with Crippen molar-refractivity contribution in [3.63, 3.8) is 0 Å². The Kier molecular flexibility index (Phi) is 6.17. The zero-order valence-corrected chi connectivity index (χ0v) is 16.9. The average molecular weight is 416 g/mol. The molecule has 2 aromatic rings. The first kappa shape index (κ1) is 21.4. The van der Waals surface area contributed by atoms with E-state index in [0.29, 0.717) is 6.54 Å². The standard InChI is InChI=1S/C22H22F2N2O4/c1-25(2)10-11-26-19(14-6-4-5-7-15(14)23)18(21(28)22(26)29)20(27)13-8-9-17(30-3)16(24)12-13/h4-9,12,19,27H,10-11H2,1-3H3. The molecule has 0 radical (unpaired) electrons. The summed E-state index contributed by atoms with van der Waals surface area (Å²) in [5.41, 5.74) is -0.223. The lowest BCUT2D eigenvalue weighted by Gasteiger charge is -2.26. The minimum atomic E-state index is -1.13. The molecule has 6 nitrogen and oxygen atoms in total. The van der Waals surface area contributed by atoms with Crippen LogP contribution in [0.1, 0.15) is 17.2 Å². The number of methoxy groups -OCH3 is 1. The van der Waals surface area contributed by atoms with Crippen LogP contribution in [-0.4, -0.2) is 60.9 Å². The third kappa shape index (κ3) is 3.91. The summed E-state index contributed by atoms with van der Waals surface area (Å²) < 4.78 is 33.6. The highest BCUT2D eigenvalue weighted by molar-refractivity contribution is 6.46. The number of likely N-dealkylation sites (tertiary alicyclic amines) is 1. The third-order valence-corrected chi connectivity index (χ3v) is 4.95. The maximum absolute atomic E-state index is 14.6. The van der Waals surface area contributed by atoms with Crippen LogP contribution in [0, 0.1) is 11.6 Å². The fourth-order valence-electron chi connectivity index (χ4n) is 3.41. The molecule has 158 valence electrons. The molecule has 1 aliphatic rings. The maximum atomic E-state index is 14.6. The van der Waals surface area contributed by atoms with Gasteiger partial charge in [-0.15, -0.1) is 0 Å². The quantitative estimate of drug-likeness (QED) is 0.446. The number of carbonyl (C=O) groups is 2. The van der Waals surface area contributed by atoms with Gasteiger partial charge in [0, 0.05) is 24.2 Å². The number of ether oxygens (including phenoxy) is 1. The molecule has 30 heavy (non-hydrogen) atoms. The van der Waals surface area contributed by atoms with Gasteiger partial charge in [0.05, 0.1) is 18.7 Å². The molecule has 0 aliphatic carbocycles. The summed E-state index contributed by atoms with van der Waals surface area (Å²) in [6.45, 7) is 0.569. The van der Waals surface area contributed by atoms with Crippen molar-refractivity contribution in [1.29, 1.82) is 0 Å². The molecule has 0 bridgehead atoms. The summed E-state index contributed by atoms with van der Waals surface area (Å²) in [6.07, 6.45) is 0. The molecular weight excluding hydrogens is 394 g/mol. The Morgan fingerprint density at radius 2 is 1.83 bits per heavy atom. The van der Waals surface area contributed by atoms with Gasteiger partial charge in [-0.05, 0) is 38.4 Å². The summed E-state index contributed by atoms with van der Waals surface area (Å²) in [5.74, 6) is -3.77. The number of likely N-dealkylation sites (N-methyl/N-ethyl adjacent to an activating group) is 1. The third-order valence-electron chi connectivity index (χ3n) is 4.95. The summed E-state index contributed by atoms with van der Waals surface area (Å²) in [5, 5.41) is 10.9. The number of aliphatic hydroxyl groups is 1. The number of nitrogens with zero attached hydrogens (tertiary/aromatic N) is 2. The Hall–Kier alpha value is -3.26. The average Bonchev–Trinajstić information content (AvgIpc) is 2.96. The number of ketones is 1. The van der Waals surface area contributed by atoms with E-state index in [-0.39, 0.29) is 29.0 Å². The fraction of sp³-hybridized carbons (Fsp3) is 0.273. The van der Waals surface area contributed by atoms with Crippen molar-refractivity contribution in [3.05, 3.63) is 70.8 Å². The van der Waals surface area contributed by atoms with Crippen molar-refractivity contribution >= 4 is 17.4 Å². The highest BCUT2D eigenvalue weighted by Gasteiger charge is 2.46. The molecular formula is C22H22F2N2O4. The first-order valence-corrected chi connectivity index (χ1v) is 9.27. The number of hydrogen-bond donors (Lipinski definition) is 1. The molecule has 8 heteroatoms. The summed E-state index contributed by atoms with van der Waals surface area (Å²) in [7, 11) is 4.90. The zero-order valence-electron chi connectivity index (χ0n) is 16.9. The lowest BCUT2D eigenvalue weighted by atomic mass is 9.95. The summed E-state index contributed by atoms with van der Waals surface area (Å²) in [4.78, 5) is 28.6. The summed E-state index contributed by atoms with van der Waals surface area (Å²) >= 11 is 0. The minimum absolute atomic E-state index is 0.0137. The van der Waals surface area contributed by atoms with Gasteiger partial charge in [0.2, 0.25) is 0 Å². The number of hydrogen-bond acceptors (Lipinski definition) is 5. The molecule has 1 fully saturated rings. The molecule has 1 atom stereocenters. The van der Waals surface area contributed by atoms with Crippen molar-refractivity contribution < 1.29 is 28.2 Å². The molecule has 2 aromatic carbocycles. The highest BCUT2D eigenvalue weighted by Crippen LogP contribution is 2.40. The van der Waals surface area contributed by atoms with Crippen molar-refractivity contribution in [1.82, 2.24) is 9.80 Å². The predicted molar refractivity (Wildman–Crippen MR) is 107 cm³/mol. The molecule has 1 unspecified atom stereocenters. The van der Waals surface area contributed by atoms with E-state index in [1.807, 2.05) is 4.90 Å². The van der Waals surface area contributed by atoms with Crippen LogP contribution in [0.2, 0.25) is 0 Å². The molecule has 3 rings (SSSR count). The van der Waals surface area contributed by atoms with E-state index in [9.17, 15) is 23.5 Å². The van der Waals surface area contributed by atoms with Crippen molar-refractivity contribution in [2.24, 2.45) is 0 Å². The SMILES string of the molecule is COc1ccc(C(O)=C2C(=O)C(=O)N(CCN(C)C)C2c2ccccc2F)cc1F. The lowest BCUT2D eigenvalue weighted by molar-refractivity contribution is -0.140. The number of amides is 1. The Bertz CT molecular complexity index is 1020. The van der Waals surface area contributed by atoms with E-state index >= 15 is 0 Å². The second kappa shape index (κ2) is 8.62. The smallest absolute Gasteiger partial charge is 0.295 e. The van der Waals surface area contributed by atoms with Crippen molar-refractivity contribution in [2.45, 2.75) is 6.04 Å². The van der Waals surface area contributed by atoms with Crippen LogP contribution in [0.15, 0.2) is 48.0 Å². The van der Waals surface area contributed by atoms with Gasteiger partial charge in [-0.1, -0.05) is 18.2 Å². The molecule has 0 aromatic heterocycles. The van der Waals surface area contributed by atoms with Gasteiger partial charge in [-0.3, -0.25) is 9.59 Å². The van der Waals surface area contributed by atoms with E-state index in [2.05, 4.69) is 0 Å². The summed E-state index contributed by atoms with van der Waals surface area (Å²) in [6, 6.07) is 8.27. The monoisotopic (exact) mass is 416 g/mol. The van der Waals surface area contributed by atoms with Gasteiger partial charge in [0.15, 0.2) is 11.6 Å². The van der Waals surface area contributed by atoms with E-state index in [4.69, 9.17) is 4.74 Å². The van der Waals surface area contributed by atoms with Crippen LogP contribution in [0.5, 0.6) is 5.75 Å². The Morgan fingerprint density at radius 3 is 2.43 bits per heavy atom. The number of Topliss-reactive ketones (excluding diaryl/α,β-unsaturated/α-hetero) is 1. The number of carbonyl (C=O) groups excluding carboxylic acids is 2. The number of benzene rings is 2. The van der Waals surface area contributed by atoms with Crippen LogP contribution in [0.3, 0.4) is 0 Å². The second-order valence-corrected chi connectivity index (χ2v) is 7.17. The van der Waals surface area contributed by atoms with E-state index in [1.54, 1.807) is 20.2 Å². The van der Waals surface area contributed by atoms with Gasteiger partial charge in [-0.2, -0.15) is 0 Å². The minimum Gasteiger partial charge on any atom is -0.507 e. The Balaban J connectivity index is 2.18. The van der Waals surface area contributed by atoms with Crippen molar-refractivity contribution in [2.75, 3.05) is 34.3 Å². The molecule has 0 saturated carbocycles. The van der Waals surface area contributed by atoms with Crippen LogP contribution in [0.25, 0.3) is 5.76 Å². The van der Waals surface area contributed by atoms with Crippen LogP contribution < -0.4 is 4.74 Å². The Morgan fingerprint density at radius 1 is 1.13 bits per heavy atom. The number of aliphatic hydroxyl groups excluding tert-OH is 1. The maximum Gasteiger partial charge on any atom is 0.295 e. The normalized spacial score (nSPS) is 18.3. The van der Waals surface area contributed by atoms with Crippen LogP contribution >= 0.6 is 0 Å². The zero-order chi connectivity index (χ0) is 22.0. The van der Waals surface area contributed by atoms with Crippen LogP contribution in [0.4, 0.5) is 8.78 Å². The van der Waals surface area contributed by atoms with Gasteiger partial charge >= 0.3 is 0 Å². The van der Waals surface area contributed by atoms with Gasteiger partial charge in [-0.25, -0.2) is 8.78 Å². The lowest BCUT2D eigenvalue weighted by Crippen LogP contribution is -2.35. The molecule has 1 N–H and O–H groups in total. The largest absolute Gasteiger partial charge is 0.507 e. The van der Waals surface area contributed by atoms with Crippen molar-refractivity contribution in [3.8, 4) is 5.75 Å². The fourth-order valence-corrected chi connectivity index (χ4v) is 3.41. The van der Waals surface area contributed by atoms with Crippen LogP contribution in [-0.2, 0) is 9.59 Å². The topological polar surface area (TPSA) is 70.1 Å². The van der Waals surface area contributed by atoms with E-state index < -0.39 is 35.1 Å². The van der Waals surface area contributed by atoms with Gasteiger partial charge in [0.1, 0.15) is 11.6 Å². The predicted octanol–water partition coefficient (Wildman–Crippen LogP) is 2.96. The first-order valence-electron chi connectivity index (χ1n) is 9.27. The number of halogens is 2.